The van der Waals surface area contributed by atoms with Crippen molar-refractivity contribution in [2.45, 2.75) is 25.3 Å². The van der Waals surface area contributed by atoms with Crippen molar-refractivity contribution in [2.24, 2.45) is 0 Å². The third-order valence-electron chi connectivity index (χ3n) is 5.50. The van der Waals surface area contributed by atoms with E-state index in [-0.39, 0.29) is 37.4 Å². The van der Waals surface area contributed by atoms with Gasteiger partial charge in [-0.15, -0.1) is 0 Å². The van der Waals surface area contributed by atoms with Gasteiger partial charge in [0.2, 0.25) is 11.8 Å². The van der Waals surface area contributed by atoms with Crippen molar-refractivity contribution in [2.75, 3.05) is 13.1 Å². The van der Waals surface area contributed by atoms with E-state index >= 15 is 0 Å². The van der Waals surface area contributed by atoms with Gasteiger partial charge in [0.05, 0.1) is 5.56 Å². The zero-order chi connectivity index (χ0) is 25.8. The lowest BCUT2D eigenvalue weighted by Gasteiger charge is -2.16. The second-order valence-corrected chi connectivity index (χ2v) is 8.12. The van der Waals surface area contributed by atoms with E-state index in [9.17, 15) is 23.6 Å². The average Bonchev–Trinajstić information content (AvgIpc) is 2.90. The predicted molar refractivity (Wildman–Crippen MR) is 135 cm³/mol. The second-order valence-electron chi connectivity index (χ2n) is 8.12. The molecule has 3 aromatic carbocycles. The topological polar surface area (TPSA) is 104 Å². The molecule has 7 nitrogen and oxygen atoms in total. The Kier molecular flexibility index (Phi) is 9.88. The quantitative estimate of drug-likeness (QED) is 0.269. The number of carbonyl (C=O) groups excluding carboxylic acids is 4. The number of hydrogen-bond acceptors (Lipinski definition) is 4. The van der Waals surface area contributed by atoms with Crippen molar-refractivity contribution in [3.05, 3.63) is 95.8 Å². The van der Waals surface area contributed by atoms with E-state index in [4.69, 9.17) is 0 Å². The fourth-order valence-corrected chi connectivity index (χ4v) is 3.59. The van der Waals surface area contributed by atoms with E-state index < -0.39 is 23.7 Å². The molecule has 0 spiro atoms. The highest BCUT2D eigenvalue weighted by Crippen LogP contribution is 2.21. The van der Waals surface area contributed by atoms with Gasteiger partial charge in [-0.1, -0.05) is 66.7 Å². The third kappa shape index (κ3) is 7.87. The van der Waals surface area contributed by atoms with Crippen molar-refractivity contribution in [1.29, 1.82) is 0 Å². The highest BCUT2D eigenvalue weighted by atomic mass is 19.1. The lowest BCUT2D eigenvalue weighted by Crippen LogP contribution is -2.48. The number of aryl methyl sites for hydroxylation is 1. The van der Waals surface area contributed by atoms with Crippen molar-refractivity contribution >= 4 is 24.0 Å². The lowest BCUT2D eigenvalue weighted by molar-refractivity contribution is -0.129. The molecular weight excluding hydrogens is 461 g/mol. The number of hydrogen-bond donors (Lipinski definition) is 3. The Hall–Kier alpha value is -4.33. The summed E-state index contributed by atoms with van der Waals surface area (Å²) in [6.07, 6.45) is 1.07. The molecule has 0 aliphatic carbocycles. The molecule has 3 aromatic rings. The van der Waals surface area contributed by atoms with Crippen LogP contribution in [0.3, 0.4) is 0 Å². The van der Waals surface area contributed by atoms with E-state index in [2.05, 4.69) is 16.0 Å². The monoisotopic (exact) mass is 489 g/mol. The molecule has 0 aliphatic rings. The van der Waals surface area contributed by atoms with Gasteiger partial charge >= 0.3 is 0 Å². The highest BCUT2D eigenvalue weighted by molar-refractivity contribution is 5.96. The minimum Gasteiger partial charge on any atom is -0.353 e. The van der Waals surface area contributed by atoms with Gasteiger partial charge in [-0.2, -0.15) is 0 Å². The zero-order valence-corrected chi connectivity index (χ0v) is 19.7. The Balaban J connectivity index is 1.47. The van der Waals surface area contributed by atoms with Crippen LogP contribution < -0.4 is 16.0 Å². The summed E-state index contributed by atoms with van der Waals surface area (Å²) in [4.78, 5) is 48.2. The summed E-state index contributed by atoms with van der Waals surface area (Å²) in [6.45, 7) is 0.0785. The number of carbonyl (C=O) groups is 4. The summed E-state index contributed by atoms with van der Waals surface area (Å²) in [6, 6.07) is 22.0. The van der Waals surface area contributed by atoms with E-state index in [0.29, 0.717) is 18.3 Å². The molecule has 0 aliphatic heterocycles. The third-order valence-corrected chi connectivity index (χ3v) is 5.50. The standard InChI is InChI=1S/C28H28FN3O4/c29-24-13-12-22(21-9-5-2-6-10-21)19-23(24)27(35)30-16-17-31-28(36)25(15-18-33)32-26(34)14-11-20-7-3-1-4-8-20/h1-10,12-13,18-19,25H,11,14-17H2,(H,30,35)(H,31,36)(H,32,34). The van der Waals surface area contributed by atoms with Crippen LogP contribution in [0.25, 0.3) is 11.1 Å². The Labute approximate surface area is 209 Å². The molecule has 1 unspecified atom stereocenters. The number of nitrogens with one attached hydrogen (secondary N) is 3. The minimum absolute atomic E-state index is 0.0370. The van der Waals surface area contributed by atoms with Gasteiger partial charge in [0.15, 0.2) is 0 Å². The van der Waals surface area contributed by atoms with Crippen LogP contribution in [0.1, 0.15) is 28.8 Å². The number of rotatable bonds is 12. The summed E-state index contributed by atoms with van der Waals surface area (Å²) in [5.41, 5.74) is 2.44. The van der Waals surface area contributed by atoms with Crippen LogP contribution in [0.4, 0.5) is 4.39 Å². The Morgan fingerprint density at radius 1 is 0.833 bits per heavy atom. The molecule has 0 saturated heterocycles. The first-order valence-electron chi connectivity index (χ1n) is 11.7. The van der Waals surface area contributed by atoms with Crippen LogP contribution in [0.2, 0.25) is 0 Å². The Morgan fingerprint density at radius 2 is 1.50 bits per heavy atom. The maximum Gasteiger partial charge on any atom is 0.254 e. The molecule has 3 N–H and O–H groups in total. The zero-order valence-electron chi connectivity index (χ0n) is 19.7. The van der Waals surface area contributed by atoms with Crippen LogP contribution >= 0.6 is 0 Å². The molecule has 8 heteroatoms. The molecule has 0 heterocycles. The molecule has 1 atom stereocenters. The summed E-state index contributed by atoms with van der Waals surface area (Å²) in [5.74, 6) is -2.15. The van der Waals surface area contributed by atoms with Crippen molar-refractivity contribution < 1.29 is 23.6 Å². The molecule has 0 fully saturated rings. The molecule has 0 saturated carbocycles. The van der Waals surface area contributed by atoms with E-state index in [1.165, 1.54) is 12.1 Å². The van der Waals surface area contributed by atoms with Gasteiger partial charge in [-0.3, -0.25) is 14.4 Å². The number of aldehydes is 1. The van der Waals surface area contributed by atoms with Crippen molar-refractivity contribution in [3.8, 4) is 11.1 Å². The summed E-state index contributed by atoms with van der Waals surface area (Å²) in [5, 5.41) is 7.73. The predicted octanol–water partition coefficient (Wildman–Crippen LogP) is 3.05. The molecule has 3 rings (SSSR count). The fraction of sp³-hybridized carbons (Fsp3) is 0.214. The fourth-order valence-electron chi connectivity index (χ4n) is 3.59. The van der Waals surface area contributed by atoms with E-state index in [1.54, 1.807) is 6.07 Å². The molecule has 0 bridgehead atoms. The van der Waals surface area contributed by atoms with Gasteiger partial charge in [0, 0.05) is 25.9 Å². The first-order chi connectivity index (χ1) is 17.5. The van der Waals surface area contributed by atoms with Gasteiger partial charge in [0.25, 0.3) is 5.91 Å². The van der Waals surface area contributed by atoms with Crippen LogP contribution in [-0.2, 0) is 20.8 Å². The molecule has 3 amide bonds. The number of amides is 3. The minimum atomic E-state index is -1.01. The van der Waals surface area contributed by atoms with Crippen molar-refractivity contribution in [3.63, 3.8) is 0 Å². The highest BCUT2D eigenvalue weighted by Gasteiger charge is 2.20. The summed E-state index contributed by atoms with van der Waals surface area (Å²) >= 11 is 0. The van der Waals surface area contributed by atoms with E-state index in [1.807, 2.05) is 60.7 Å². The van der Waals surface area contributed by atoms with Gasteiger partial charge in [-0.05, 0) is 35.2 Å². The van der Waals surface area contributed by atoms with Gasteiger partial charge < -0.3 is 20.7 Å². The SMILES string of the molecule is O=CCC(NC(=O)CCc1ccccc1)C(=O)NCCNC(=O)c1cc(-c2ccccc2)ccc1F. The van der Waals surface area contributed by atoms with Crippen LogP contribution in [-0.4, -0.2) is 43.1 Å². The maximum absolute atomic E-state index is 14.3. The lowest BCUT2D eigenvalue weighted by atomic mass is 10.0. The first kappa shape index (κ1) is 26.3. The molecule has 0 radical (unpaired) electrons. The second kappa shape index (κ2) is 13.5. The summed E-state index contributed by atoms with van der Waals surface area (Å²) < 4.78 is 14.3. The number of halogens is 1. The average molecular weight is 490 g/mol. The Bertz CT molecular complexity index is 1190. The summed E-state index contributed by atoms with van der Waals surface area (Å²) in [7, 11) is 0. The van der Waals surface area contributed by atoms with E-state index in [0.717, 1.165) is 11.1 Å². The van der Waals surface area contributed by atoms with Crippen LogP contribution in [0.15, 0.2) is 78.9 Å². The largest absolute Gasteiger partial charge is 0.353 e. The molecule has 36 heavy (non-hydrogen) atoms. The Morgan fingerprint density at radius 3 is 2.19 bits per heavy atom. The van der Waals surface area contributed by atoms with Gasteiger partial charge in [0.1, 0.15) is 18.1 Å². The van der Waals surface area contributed by atoms with Crippen LogP contribution in [0.5, 0.6) is 0 Å². The van der Waals surface area contributed by atoms with Crippen molar-refractivity contribution in [1.82, 2.24) is 16.0 Å². The normalized spacial score (nSPS) is 11.2. The molecule has 0 aromatic heterocycles. The molecular formula is C28H28FN3O4. The first-order valence-corrected chi connectivity index (χ1v) is 11.7. The number of benzene rings is 3. The maximum atomic E-state index is 14.3. The molecule has 186 valence electrons. The van der Waals surface area contributed by atoms with Crippen LogP contribution in [0, 0.1) is 5.82 Å². The van der Waals surface area contributed by atoms with Gasteiger partial charge in [-0.25, -0.2) is 4.39 Å². The smallest absolute Gasteiger partial charge is 0.254 e.